The topological polar surface area (TPSA) is 36.4 Å². The summed E-state index contributed by atoms with van der Waals surface area (Å²) in [5, 5.41) is 7.48. The summed E-state index contributed by atoms with van der Waals surface area (Å²) in [5.74, 6) is 0.884. The molecular formula is C13H18ClN3. The van der Waals surface area contributed by atoms with E-state index in [1.54, 1.807) is 0 Å². The molecule has 2 rings (SSSR count). The van der Waals surface area contributed by atoms with Crippen molar-refractivity contribution in [1.29, 1.82) is 0 Å². The van der Waals surface area contributed by atoms with Gasteiger partial charge in [0, 0.05) is 11.6 Å². The van der Waals surface area contributed by atoms with Crippen LogP contribution in [0.15, 0.2) is 23.2 Å². The molecule has 0 spiro atoms. The summed E-state index contributed by atoms with van der Waals surface area (Å²) in [7, 11) is 0. The quantitative estimate of drug-likeness (QED) is 0.867. The van der Waals surface area contributed by atoms with Crippen LogP contribution in [-0.4, -0.2) is 19.0 Å². The van der Waals surface area contributed by atoms with E-state index in [1.807, 2.05) is 19.1 Å². The first kappa shape index (κ1) is 12.2. The Balaban J connectivity index is 2.19. The van der Waals surface area contributed by atoms with Crippen molar-refractivity contribution in [2.24, 2.45) is 4.99 Å². The van der Waals surface area contributed by atoms with Crippen molar-refractivity contribution in [1.82, 2.24) is 10.6 Å². The largest absolute Gasteiger partial charge is 0.355 e. The molecule has 1 heterocycles. The maximum Gasteiger partial charge on any atom is 0.191 e. The van der Waals surface area contributed by atoms with Crippen LogP contribution in [0.1, 0.15) is 30.5 Å². The number of nitrogens with zero attached hydrogens (tertiary/aromatic N) is 1. The van der Waals surface area contributed by atoms with Gasteiger partial charge in [0.1, 0.15) is 0 Å². The first-order valence-electron chi connectivity index (χ1n) is 6.02. The van der Waals surface area contributed by atoms with E-state index < -0.39 is 0 Å². The lowest BCUT2D eigenvalue weighted by Crippen LogP contribution is -2.36. The average Bonchev–Trinajstić information content (AvgIpc) is 2.83. The van der Waals surface area contributed by atoms with Crippen molar-refractivity contribution in [3.05, 3.63) is 34.3 Å². The smallest absolute Gasteiger partial charge is 0.191 e. The zero-order chi connectivity index (χ0) is 12.3. The van der Waals surface area contributed by atoms with E-state index in [1.165, 1.54) is 0 Å². The van der Waals surface area contributed by atoms with Crippen LogP contribution >= 0.6 is 11.6 Å². The van der Waals surface area contributed by atoms with Crippen LogP contribution in [0.4, 0.5) is 0 Å². The maximum absolute atomic E-state index is 6.35. The summed E-state index contributed by atoms with van der Waals surface area (Å²) in [5.41, 5.74) is 2.26. The number of benzene rings is 1. The highest BCUT2D eigenvalue weighted by molar-refractivity contribution is 6.32. The molecule has 0 bridgehead atoms. The van der Waals surface area contributed by atoms with Gasteiger partial charge in [0.25, 0.3) is 0 Å². The Morgan fingerprint density at radius 1 is 1.53 bits per heavy atom. The number of hydrogen-bond acceptors (Lipinski definition) is 3. The van der Waals surface area contributed by atoms with Gasteiger partial charge >= 0.3 is 0 Å². The minimum absolute atomic E-state index is 0.215. The number of halogens is 1. The fraction of sp³-hybridized carbons (Fsp3) is 0.462. The molecule has 17 heavy (non-hydrogen) atoms. The molecule has 2 N–H and O–H groups in total. The highest BCUT2D eigenvalue weighted by atomic mass is 35.5. The summed E-state index contributed by atoms with van der Waals surface area (Å²) >= 11 is 6.35. The minimum atomic E-state index is 0.215. The SMILES string of the molecule is CCC(NC1=NCCN1)c1cccc(C)c1Cl. The van der Waals surface area contributed by atoms with Crippen molar-refractivity contribution in [3.63, 3.8) is 0 Å². The third-order valence-corrected chi connectivity index (χ3v) is 3.51. The molecule has 0 aromatic heterocycles. The van der Waals surface area contributed by atoms with E-state index in [2.05, 4.69) is 28.6 Å². The first-order chi connectivity index (χ1) is 8.22. The molecule has 4 heteroatoms. The fourth-order valence-electron chi connectivity index (χ4n) is 2.00. The summed E-state index contributed by atoms with van der Waals surface area (Å²) < 4.78 is 0. The molecule has 1 unspecified atom stereocenters. The summed E-state index contributed by atoms with van der Waals surface area (Å²) in [4.78, 5) is 4.35. The second-order valence-corrected chi connectivity index (χ2v) is 4.62. The Hall–Kier alpha value is -1.22. The predicted molar refractivity (Wildman–Crippen MR) is 72.7 cm³/mol. The van der Waals surface area contributed by atoms with E-state index in [4.69, 9.17) is 11.6 Å². The molecule has 0 saturated carbocycles. The van der Waals surface area contributed by atoms with Gasteiger partial charge in [0.05, 0.1) is 12.6 Å². The fourth-order valence-corrected chi connectivity index (χ4v) is 2.26. The number of hydrogen-bond donors (Lipinski definition) is 2. The number of aryl methyl sites for hydroxylation is 1. The molecule has 0 radical (unpaired) electrons. The molecule has 3 nitrogen and oxygen atoms in total. The first-order valence-corrected chi connectivity index (χ1v) is 6.40. The van der Waals surface area contributed by atoms with E-state index in [9.17, 15) is 0 Å². The van der Waals surface area contributed by atoms with Crippen molar-refractivity contribution >= 4 is 17.6 Å². The molecule has 1 aliphatic rings. The van der Waals surface area contributed by atoms with Crippen LogP contribution in [0.3, 0.4) is 0 Å². The van der Waals surface area contributed by atoms with Gasteiger partial charge in [-0.05, 0) is 24.5 Å². The van der Waals surface area contributed by atoms with Gasteiger partial charge in [-0.2, -0.15) is 0 Å². The van der Waals surface area contributed by atoms with Crippen LogP contribution in [0, 0.1) is 6.92 Å². The lowest BCUT2D eigenvalue weighted by atomic mass is 10.0. The van der Waals surface area contributed by atoms with Crippen molar-refractivity contribution in [2.45, 2.75) is 26.3 Å². The zero-order valence-corrected chi connectivity index (χ0v) is 11.0. The third-order valence-electron chi connectivity index (χ3n) is 2.99. The summed E-state index contributed by atoms with van der Waals surface area (Å²) in [6.45, 7) is 5.94. The van der Waals surface area contributed by atoms with Crippen LogP contribution in [0.5, 0.6) is 0 Å². The number of guanidine groups is 1. The van der Waals surface area contributed by atoms with Crippen LogP contribution in [0.2, 0.25) is 5.02 Å². The number of rotatable bonds is 3. The normalized spacial score (nSPS) is 16.3. The lowest BCUT2D eigenvalue weighted by Gasteiger charge is -2.20. The molecule has 92 valence electrons. The molecule has 0 saturated heterocycles. The molecule has 0 amide bonds. The van der Waals surface area contributed by atoms with Crippen LogP contribution < -0.4 is 10.6 Å². The van der Waals surface area contributed by atoms with Crippen molar-refractivity contribution < 1.29 is 0 Å². The van der Waals surface area contributed by atoms with Crippen LogP contribution in [0.25, 0.3) is 0 Å². The van der Waals surface area contributed by atoms with Gasteiger partial charge in [-0.1, -0.05) is 36.7 Å². The van der Waals surface area contributed by atoms with Gasteiger partial charge in [-0.25, -0.2) is 0 Å². The highest BCUT2D eigenvalue weighted by Gasteiger charge is 2.16. The molecule has 1 aliphatic heterocycles. The maximum atomic E-state index is 6.35. The van der Waals surface area contributed by atoms with E-state index in [-0.39, 0.29) is 6.04 Å². The Bertz CT molecular complexity index is 429. The van der Waals surface area contributed by atoms with Crippen molar-refractivity contribution in [2.75, 3.05) is 13.1 Å². The molecule has 1 aromatic rings. The standard InChI is InChI=1S/C13H18ClN3/c1-3-11(17-13-15-7-8-16-13)10-6-4-5-9(2)12(10)14/h4-6,11H,3,7-8H2,1-2H3,(H2,15,16,17). The average molecular weight is 252 g/mol. The second kappa shape index (κ2) is 5.41. The lowest BCUT2D eigenvalue weighted by molar-refractivity contribution is 0.616. The Kier molecular flexibility index (Phi) is 3.89. The zero-order valence-electron chi connectivity index (χ0n) is 10.3. The molecular weight excluding hydrogens is 234 g/mol. The number of nitrogens with one attached hydrogen (secondary N) is 2. The Morgan fingerprint density at radius 2 is 2.35 bits per heavy atom. The van der Waals surface area contributed by atoms with Gasteiger partial charge in [-0.15, -0.1) is 0 Å². The minimum Gasteiger partial charge on any atom is -0.355 e. The van der Waals surface area contributed by atoms with Crippen LogP contribution in [-0.2, 0) is 0 Å². The van der Waals surface area contributed by atoms with E-state index >= 15 is 0 Å². The second-order valence-electron chi connectivity index (χ2n) is 4.24. The molecule has 1 atom stereocenters. The summed E-state index contributed by atoms with van der Waals surface area (Å²) in [6.07, 6.45) is 0.976. The van der Waals surface area contributed by atoms with E-state index in [0.717, 1.165) is 41.6 Å². The van der Waals surface area contributed by atoms with Gasteiger partial charge in [0.15, 0.2) is 5.96 Å². The predicted octanol–water partition coefficient (Wildman–Crippen LogP) is 2.65. The molecule has 1 aromatic carbocycles. The van der Waals surface area contributed by atoms with Crippen molar-refractivity contribution in [3.8, 4) is 0 Å². The van der Waals surface area contributed by atoms with Gasteiger partial charge in [-0.3, -0.25) is 4.99 Å². The summed E-state index contributed by atoms with van der Waals surface area (Å²) in [6, 6.07) is 6.37. The monoisotopic (exact) mass is 251 g/mol. The van der Waals surface area contributed by atoms with Gasteiger partial charge < -0.3 is 10.6 Å². The highest BCUT2D eigenvalue weighted by Crippen LogP contribution is 2.27. The molecule has 0 aliphatic carbocycles. The Labute approximate surface area is 107 Å². The molecule has 0 fully saturated rings. The van der Waals surface area contributed by atoms with Gasteiger partial charge in [0.2, 0.25) is 0 Å². The van der Waals surface area contributed by atoms with E-state index in [0.29, 0.717) is 0 Å². The third kappa shape index (κ3) is 2.72. The Morgan fingerprint density at radius 3 is 3.00 bits per heavy atom. The number of aliphatic imine (C=N–C) groups is 1.